The molecular formula is C29H51NO2. The van der Waals surface area contributed by atoms with Crippen molar-refractivity contribution in [3.05, 3.63) is 0 Å². The summed E-state index contributed by atoms with van der Waals surface area (Å²) in [5.41, 5.74) is 1.07. The van der Waals surface area contributed by atoms with Gasteiger partial charge in [-0.25, -0.2) is 0 Å². The second-order valence-electron chi connectivity index (χ2n) is 13.5. The van der Waals surface area contributed by atoms with Gasteiger partial charge >= 0.3 is 0 Å². The third kappa shape index (κ3) is 3.54. The summed E-state index contributed by atoms with van der Waals surface area (Å²) in [7, 11) is 3.71. The summed E-state index contributed by atoms with van der Waals surface area (Å²) in [4.78, 5) is 0. The Morgan fingerprint density at radius 3 is 2.25 bits per heavy atom. The minimum atomic E-state index is -0.321. The Hall–Kier alpha value is -0.120. The molecule has 184 valence electrons. The number of fused-ring (bicyclic) bond motifs is 5. The third-order valence-electron chi connectivity index (χ3n) is 12.5. The summed E-state index contributed by atoms with van der Waals surface area (Å²) in [5, 5.41) is 3.95. The molecule has 3 nitrogen and oxygen atoms in total. The normalized spacial score (nSPS) is 51.4. The zero-order valence-corrected chi connectivity index (χ0v) is 21.9. The van der Waals surface area contributed by atoms with Gasteiger partial charge in [0.25, 0.3) is 0 Å². The zero-order valence-electron chi connectivity index (χ0n) is 21.9. The monoisotopic (exact) mass is 445 g/mol. The van der Waals surface area contributed by atoms with Gasteiger partial charge in [0.05, 0.1) is 0 Å². The summed E-state index contributed by atoms with van der Waals surface area (Å²) in [6, 6.07) is 0.757. The van der Waals surface area contributed by atoms with Gasteiger partial charge in [-0.1, -0.05) is 27.7 Å². The molecule has 0 unspecified atom stereocenters. The van der Waals surface area contributed by atoms with Crippen molar-refractivity contribution in [2.24, 2.45) is 52.3 Å². The van der Waals surface area contributed by atoms with Gasteiger partial charge in [0.15, 0.2) is 5.79 Å². The van der Waals surface area contributed by atoms with Crippen molar-refractivity contribution in [3.8, 4) is 0 Å². The average molecular weight is 446 g/mol. The van der Waals surface area contributed by atoms with E-state index in [-0.39, 0.29) is 5.79 Å². The van der Waals surface area contributed by atoms with Crippen LogP contribution in [0.4, 0.5) is 0 Å². The van der Waals surface area contributed by atoms with Crippen molar-refractivity contribution in [2.45, 2.75) is 110 Å². The lowest BCUT2D eigenvalue weighted by Gasteiger charge is -2.62. The zero-order chi connectivity index (χ0) is 22.7. The molecule has 0 radical (unpaired) electrons. The lowest BCUT2D eigenvalue weighted by atomic mass is 9.44. The summed E-state index contributed by atoms with van der Waals surface area (Å²) in [6.45, 7) is 11.6. The molecular weight excluding hydrogens is 394 g/mol. The van der Waals surface area contributed by atoms with E-state index in [1.54, 1.807) is 0 Å². The highest BCUT2D eigenvalue weighted by Gasteiger charge is 2.62. The molecule has 1 N–H and O–H groups in total. The molecule has 1 saturated heterocycles. The first-order chi connectivity index (χ1) is 15.3. The fraction of sp³-hybridized carbons (Fsp3) is 1.00. The molecule has 3 heteroatoms. The number of nitrogens with one attached hydrogen (secondary N) is 1. The van der Waals surface area contributed by atoms with Gasteiger partial charge in [-0.2, -0.15) is 0 Å². The highest BCUT2D eigenvalue weighted by Crippen LogP contribution is 2.69. The van der Waals surface area contributed by atoms with Gasteiger partial charge in [0.1, 0.15) is 0 Å². The summed E-state index contributed by atoms with van der Waals surface area (Å²) >= 11 is 0. The molecule has 0 amide bonds. The van der Waals surface area contributed by atoms with Crippen LogP contribution >= 0.6 is 0 Å². The first kappa shape index (κ1) is 23.6. The third-order valence-corrected chi connectivity index (χ3v) is 12.5. The molecule has 5 rings (SSSR count). The van der Waals surface area contributed by atoms with E-state index in [1.807, 2.05) is 14.2 Å². The molecule has 0 bridgehead atoms. The maximum atomic E-state index is 5.92. The predicted octanol–water partition coefficient (Wildman–Crippen LogP) is 6.66. The lowest BCUT2D eigenvalue weighted by molar-refractivity contribution is -0.261. The molecule has 10 atom stereocenters. The molecule has 1 aliphatic heterocycles. The van der Waals surface area contributed by atoms with Crippen LogP contribution < -0.4 is 5.32 Å². The Balaban J connectivity index is 1.32. The predicted molar refractivity (Wildman–Crippen MR) is 131 cm³/mol. The molecule has 0 aromatic heterocycles. The van der Waals surface area contributed by atoms with Gasteiger partial charge in [0.2, 0.25) is 0 Å². The van der Waals surface area contributed by atoms with Crippen molar-refractivity contribution >= 4 is 0 Å². The lowest BCUT2D eigenvalue weighted by Crippen LogP contribution is -2.57. The maximum absolute atomic E-state index is 5.92. The van der Waals surface area contributed by atoms with E-state index in [2.05, 4.69) is 33.0 Å². The van der Waals surface area contributed by atoms with Crippen LogP contribution in [0.2, 0.25) is 0 Å². The van der Waals surface area contributed by atoms with Crippen LogP contribution in [-0.4, -0.2) is 32.6 Å². The Bertz CT molecular complexity index is 668. The van der Waals surface area contributed by atoms with Crippen LogP contribution in [0.1, 0.15) is 98.3 Å². The largest absolute Gasteiger partial charge is 0.353 e. The molecule has 0 aromatic carbocycles. The van der Waals surface area contributed by atoms with E-state index in [4.69, 9.17) is 9.47 Å². The Kier molecular flexibility index (Phi) is 6.29. The van der Waals surface area contributed by atoms with Crippen LogP contribution in [0.25, 0.3) is 0 Å². The standard InChI is InChI=1S/C29H51NO2/c1-19-7-12-26(30-18-19)20(2)23-10-11-24-22-9-8-21-17-29(31-5,32-6)16-15-27(21,3)25(22)13-14-28(23,24)4/h19-26,30H,7-18H2,1-6H3/t19-,20-,21-,22-,23+,24-,25-,26+,27-,28+/m0/s1. The highest BCUT2D eigenvalue weighted by molar-refractivity contribution is 5.11. The van der Waals surface area contributed by atoms with Gasteiger partial charge in [-0.15, -0.1) is 0 Å². The van der Waals surface area contributed by atoms with E-state index in [9.17, 15) is 0 Å². The Morgan fingerprint density at radius 2 is 1.56 bits per heavy atom. The van der Waals surface area contributed by atoms with Crippen LogP contribution in [0.3, 0.4) is 0 Å². The van der Waals surface area contributed by atoms with E-state index >= 15 is 0 Å². The minimum absolute atomic E-state index is 0.321. The van der Waals surface area contributed by atoms with Crippen molar-refractivity contribution < 1.29 is 9.47 Å². The molecule has 0 spiro atoms. The van der Waals surface area contributed by atoms with Crippen molar-refractivity contribution in [1.29, 1.82) is 0 Å². The van der Waals surface area contributed by atoms with Crippen molar-refractivity contribution in [1.82, 2.24) is 5.32 Å². The van der Waals surface area contributed by atoms with Gasteiger partial charge < -0.3 is 14.8 Å². The number of hydrogen-bond acceptors (Lipinski definition) is 3. The summed E-state index contributed by atoms with van der Waals surface area (Å²) in [6.07, 6.45) is 15.0. The fourth-order valence-electron chi connectivity index (χ4n) is 10.3. The fourth-order valence-corrected chi connectivity index (χ4v) is 10.3. The highest BCUT2D eigenvalue weighted by atomic mass is 16.7. The number of piperidine rings is 1. The summed E-state index contributed by atoms with van der Waals surface area (Å²) < 4.78 is 11.8. The van der Waals surface area contributed by atoms with E-state index in [0.717, 1.165) is 60.3 Å². The van der Waals surface area contributed by atoms with Crippen LogP contribution in [0.5, 0.6) is 0 Å². The average Bonchev–Trinajstić information content (AvgIpc) is 3.16. The summed E-state index contributed by atoms with van der Waals surface area (Å²) in [5.74, 6) is 5.92. The van der Waals surface area contributed by atoms with Crippen molar-refractivity contribution in [2.75, 3.05) is 20.8 Å². The molecule has 4 aliphatic carbocycles. The van der Waals surface area contributed by atoms with Gasteiger partial charge in [-0.05, 0) is 117 Å². The molecule has 4 saturated carbocycles. The smallest absolute Gasteiger partial charge is 0.167 e. The van der Waals surface area contributed by atoms with Gasteiger partial charge in [0, 0.05) is 33.1 Å². The number of hydrogen-bond donors (Lipinski definition) is 1. The molecule has 0 aromatic rings. The van der Waals surface area contributed by atoms with Crippen molar-refractivity contribution in [3.63, 3.8) is 0 Å². The quantitative estimate of drug-likeness (QED) is 0.491. The molecule has 1 heterocycles. The Morgan fingerprint density at radius 1 is 0.812 bits per heavy atom. The first-order valence-corrected chi connectivity index (χ1v) is 14.1. The van der Waals surface area contributed by atoms with Crippen LogP contribution in [0, 0.1) is 52.3 Å². The van der Waals surface area contributed by atoms with Gasteiger partial charge in [-0.3, -0.25) is 0 Å². The van der Waals surface area contributed by atoms with Crippen LogP contribution in [0.15, 0.2) is 0 Å². The van der Waals surface area contributed by atoms with E-state index in [0.29, 0.717) is 10.8 Å². The second-order valence-corrected chi connectivity index (χ2v) is 13.5. The second kappa shape index (κ2) is 8.52. The first-order valence-electron chi connectivity index (χ1n) is 14.1. The van der Waals surface area contributed by atoms with Crippen LogP contribution in [-0.2, 0) is 9.47 Å². The SMILES string of the molecule is COC1(OC)CC[C@@]2(C)[C@@H](CC[C@@H]3[C@@H]2CC[C@]2(C)[C@@H]([C@H](C)[C@H]4CC[C@H](C)CN4)CC[C@@H]32)C1. The Labute approximate surface area is 198 Å². The topological polar surface area (TPSA) is 30.5 Å². The maximum Gasteiger partial charge on any atom is 0.167 e. The molecule has 32 heavy (non-hydrogen) atoms. The number of ether oxygens (including phenoxy) is 2. The number of rotatable bonds is 4. The number of methoxy groups -OCH3 is 2. The van der Waals surface area contributed by atoms with E-state index in [1.165, 1.54) is 64.3 Å². The molecule has 5 fully saturated rings. The minimum Gasteiger partial charge on any atom is -0.353 e. The molecule has 5 aliphatic rings. The van der Waals surface area contributed by atoms with E-state index < -0.39 is 0 Å².